The van der Waals surface area contributed by atoms with E-state index in [1.165, 1.54) is 0 Å². The van der Waals surface area contributed by atoms with Gasteiger partial charge in [-0.3, -0.25) is 4.79 Å². The second kappa shape index (κ2) is 6.16. The third-order valence-electron chi connectivity index (χ3n) is 4.82. The van der Waals surface area contributed by atoms with Gasteiger partial charge in [-0.25, -0.2) is 0 Å². The van der Waals surface area contributed by atoms with Crippen LogP contribution in [0.1, 0.15) is 16.1 Å². The van der Waals surface area contributed by atoms with Gasteiger partial charge in [0.15, 0.2) is 5.76 Å². The number of aryl methyl sites for hydroxylation is 1. The minimum atomic E-state index is -0.0425. The SMILES string of the molecule is Cc1c(C(=O)N2CCN(c3ccc(O)cc3)CC2)oc2ccccc12. The number of hydrogen-bond donors (Lipinski definition) is 1. The van der Waals surface area contributed by atoms with E-state index in [0.717, 1.165) is 35.3 Å². The molecule has 1 N–H and O–H groups in total. The Kier molecular flexibility index (Phi) is 3.84. The summed E-state index contributed by atoms with van der Waals surface area (Å²) in [4.78, 5) is 16.9. The topological polar surface area (TPSA) is 56.9 Å². The summed E-state index contributed by atoms with van der Waals surface area (Å²) >= 11 is 0. The van der Waals surface area contributed by atoms with Gasteiger partial charge in [-0.1, -0.05) is 18.2 Å². The molecule has 128 valence electrons. The number of phenols is 1. The van der Waals surface area contributed by atoms with Crippen LogP contribution in [0, 0.1) is 6.92 Å². The van der Waals surface area contributed by atoms with Crippen LogP contribution in [0.25, 0.3) is 11.0 Å². The Morgan fingerprint density at radius 3 is 2.36 bits per heavy atom. The molecule has 1 saturated heterocycles. The first-order chi connectivity index (χ1) is 12.1. The van der Waals surface area contributed by atoms with E-state index in [1.54, 1.807) is 12.1 Å². The van der Waals surface area contributed by atoms with Crippen LogP contribution in [0.3, 0.4) is 0 Å². The summed E-state index contributed by atoms with van der Waals surface area (Å²) in [6.07, 6.45) is 0. The van der Waals surface area contributed by atoms with Gasteiger partial charge in [-0.05, 0) is 37.3 Å². The van der Waals surface area contributed by atoms with Crippen molar-refractivity contribution < 1.29 is 14.3 Å². The van der Waals surface area contributed by atoms with Crippen LogP contribution in [0.2, 0.25) is 0 Å². The number of aromatic hydroxyl groups is 1. The van der Waals surface area contributed by atoms with Gasteiger partial charge in [0.05, 0.1) is 0 Å². The lowest BCUT2D eigenvalue weighted by molar-refractivity contribution is 0.0716. The van der Waals surface area contributed by atoms with E-state index >= 15 is 0 Å². The molecule has 5 nitrogen and oxygen atoms in total. The van der Waals surface area contributed by atoms with Crippen LogP contribution in [-0.2, 0) is 0 Å². The molecule has 0 unspecified atom stereocenters. The number of hydrogen-bond acceptors (Lipinski definition) is 4. The molecule has 2 heterocycles. The predicted molar refractivity (Wildman–Crippen MR) is 97.2 cm³/mol. The third kappa shape index (κ3) is 2.82. The highest BCUT2D eigenvalue weighted by molar-refractivity contribution is 5.99. The van der Waals surface area contributed by atoms with Gasteiger partial charge in [0.25, 0.3) is 5.91 Å². The molecule has 0 radical (unpaired) electrons. The van der Waals surface area contributed by atoms with Crippen LogP contribution in [0.15, 0.2) is 52.9 Å². The summed E-state index contributed by atoms with van der Waals surface area (Å²) in [5.74, 6) is 0.663. The van der Waals surface area contributed by atoms with Crippen LogP contribution in [0.5, 0.6) is 5.75 Å². The largest absolute Gasteiger partial charge is 0.508 e. The van der Waals surface area contributed by atoms with Gasteiger partial charge in [0.2, 0.25) is 0 Å². The fourth-order valence-corrected chi connectivity index (χ4v) is 3.35. The Labute approximate surface area is 146 Å². The van der Waals surface area contributed by atoms with Crippen molar-refractivity contribution in [2.24, 2.45) is 0 Å². The van der Waals surface area contributed by atoms with E-state index < -0.39 is 0 Å². The first kappa shape index (κ1) is 15.6. The fraction of sp³-hybridized carbons (Fsp3) is 0.250. The van der Waals surface area contributed by atoms with E-state index in [0.29, 0.717) is 18.8 Å². The highest BCUT2D eigenvalue weighted by atomic mass is 16.3. The van der Waals surface area contributed by atoms with Crippen LogP contribution in [0.4, 0.5) is 5.69 Å². The van der Waals surface area contributed by atoms with Gasteiger partial charge in [-0.15, -0.1) is 0 Å². The molecule has 1 aromatic heterocycles. The van der Waals surface area contributed by atoms with Crippen molar-refractivity contribution in [3.05, 3.63) is 59.9 Å². The first-order valence-corrected chi connectivity index (χ1v) is 8.45. The number of amides is 1. The first-order valence-electron chi connectivity index (χ1n) is 8.45. The van der Waals surface area contributed by atoms with E-state index in [1.807, 2.05) is 48.2 Å². The maximum Gasteiger partial charge on any atom is 0.290 e. The highest BCUT2D eigenvalue weighted by Gasteiger charge is 2.26. The van der Waals surface area contributed by atoms with Crippen molar-refractivity contribution in [1.82, 2.24) is 4.90 Å². The van der Waals surface area contributed by atoms with Crippen molar-refractivity contribution in [2.75, 3.05) is 31.1 Å². The van der Waals surface area contributed by atoms with Crippen molar-refractivity contribution in [1.29, 1.82) is 0 Å². The second-order valence-corrected chi connectivity index (χ2v) is 6.35. The van der Waals surface area contributed by atoms with E-state index in [4.69, 9.17) is 4.42 Å². The molecule has 2 aromatic carbocycles. The van der Waals surface area contributed by atoms with Crippen LogP contribution < -0.4 is 4.90 Å². The summed E-state index contributed by atoms with van der Waals surface area (Å²) in [7, 11) is 0. The van der Waals surface area contributed by atoms with Crippen molar-refractivity contribution in [2.45, 2.75) is 6.92 Å². The van der Waals surface area contributed by atoms with Crippen molar-refractivity contribution >= 4 is 22.6 Å². The molecule has 0 spiro atoms. The van der Waals surface area contributed by atoms with Crippen molar-refractivity contribution in [3.8, 4) is 5.75 Å². The zero-order chi connectivity index (χ0) is 17.4. The number of carbonyl (C=O) groups is 1. The number of para-hydroxylation sites is 1. The smallest absolute Gasteiger partial charge is 0.290 e. The molecule has 0 atom stereocenters. The molecule has 1 fully saturated rings. The summed E-state index contributed by atoms with van der Waals surface area (Å²) in [6, 6.07) is 14.9. The number of piperazine rings is 1. The van der Waals surface area contributed by atoms with E-state index in [2.05, 4.69) is 4.90 Å². The average Bonchev–Trinajstić information content (AvgIpc) is 2.99. The van der Waals surface area contributed by atoms with Crippen LogP contribution >= 0.6 is 0 Å². The zero-order valence-corrected chi connectivity index (χ0v) is 14.1. The second-order valence-electron chi connectivity index (χ2n) is 6.35. The number of rotatable bonds is 2. The summed E-state index contributed by atoms with van der Waals surface area (Å²) in [5, 5.41) is 10.4. The molecule has 3 aromatic rings. The highest BCUT2D eigenvalue weighted by Crippen LogP contribution is 2.27. The van der Waals surface area contributed by atoms with Crippen molar-refractivity contribution in [3.63, 3.8) is 0 Å². The molecule has 1 aliphatic rings. The molecule has 1 aliphatic heterocycles. The van der Waals surface area contributed by atoms with Gasteiger partial charge in [0, 0.05) is 42.8 Å². The normalized spacial score (nSPS) is 14.9. The lowest BCUT2D eigenvalue weighted by Crippen LogP contribution is -2.48. The fourth-order valence-electron chi connectivity index (χ4n) is 3.35. The zero-order valence-electron chi connectivity index (χ0n) is 14.1. The Balaban J connectivity index is 1.49. The number of benzene rings is 2. The van der Waals surface area contributed by atoms with Crippen LogP contribution in [-0.4, -0.2) is 42.1 Å². The summed E-state index contributed by atoms with van der Waals surface area (Å²) < 4.78 is 5.81. The molecule has 25 heavy (non-hydrogen) atoms. The quantitative estimate of drug-likeness (QED) is 0.779. The van der Waals surface area contributed by atoms with E-state index in [-0.39, 0.29) is 11.7 Å². The predicted octanol–water partition coefficient (Wildman–Crippen LogP) is 3.41. The molecule has 0 aliphatic carbocycles. The number of furan rings is 1. The Bertz CT molecular complexity index is 906. The lowest BCUT2D eigenvalue weighted by atomic mass is 10.1. The number of nitrogens with zero attached hydrogens (tertiary/aromatic N) is 2. The maximum atomic E-state index is 12.9. The number of fused-ring (bicyclic) bond motifs is 1. The minimum absolute atomic E-state index is 0.0425. The minimum Gasteiger partial charge on any atom is -0.508 e. The van der Waals surface area contributed by atoms with E-state index in [9.17, 15) is 9.90 Å². The number of carbonyl (C=O) groups excluding carboxylic acids is 1. The Morgan fingerprint density at radius 1 is 1.00 bits per heavy atom. The van der Waals surface area contributed by atoms with Gasteiger partial charge in [0.1, 0.15) is 11.3 Å². The molecular formula is C20H20N2O3. The molecular weight excluding hydrogens is 316 g/mol. The molecule has 0 saturated carbocycles. The molecule has 4 rings (SSSR count). The number of anilines is 1. The summed E-state index contributed by atoms with van der Waals surface area (Å²) in [6.45, 7) is 4.75. The standard InChI is InChI=1S/C20H20N2O3/c1-14-17-4-2-3-5-18(17)25-19(14)20(24)22-12-10-21(11-13-22)15-6-8-16(23)9-7-15/h2-9,23H,10-13H2,1H3. The third-order valence-corrected chi connectivity index (χ3v) is 4.82. The Morgan fingerprint density at radius 2 is 1.68 bits per heavy atom. The molecule has 5 heteroatoms. The van der Waals surface area contributed by atoms with Gasteiger partial charge < -0.3 is 19.3 Å². The van der Waals surface area contributed by atoms with Gasteiger partial charge in [-0.2, -0.15) is 0 Å². The molecule has 0 bridgehead atoms. The Hall–Kier alpha value is -2.95. The number of phenolic OH excluding ortho intramolecular Hbond substituents is 1. The maximum absolute atomic E-state index is 12.9. The molecule has 1 amide bonds. The van der Waals surface area contributed by atoms with Gasteiger partial charge >= 0.3 is 0 Å². The summed E-state index contributed by atoms with van der Waals surface area (Å²) in [5.41, 5.74) is 2.72. The lowest BCUT2D eigenvalue weighted by Gasteiger charge is -2.35. The average molecular weight is 336 g/mol. The monoisotopic (exact) mass is 336 g/mol.